The monoisotopic (exact) mass is 1690 g/mol. The van der Waals surface area contributed by atoms with Crippen molar-refractivity contribution in [2.45, 2.75) is 199 Å². The van der Waals surface area contributed by atoms with Crippen LogP contribution in [0.15, 0.2) is 19.7 Å². The lowest BCUT2D eigenvalue weighted by atomic mass is 9.91. The van der Waals surface area contributed by atoms with Crippen LogP contribution in [0.25, 0.3) is 0 Å². The van der Waals surface area contributed by atoms with E-state index in [-0.39, 0.29) is 70.8 Å². The van der Waals surface area contributed by atoms with Crippen molar-refractivity contribution in [3.8, 4) is 0 Å². The number of nitrogens with zero attached hydrogens (tertiary/aromatic N) is 1. The number of ketones is 2. The Balaban J connectivity index is 0.000000896. The van der Waals surface area contributed by atoms with Crippen molar-refractivity contribution >= 4 is 131 Å². The molecular weight excluding hydrogens is 1600 g/mol. The minimum Gasteiger partial charge on any atom is -0.481 e. The van der Waals surface area contributed by atoms with Crippen LogP contribution >= 0.6 is 12.9 Å². The van der Waals surface area contributed by atoms with Crippen molar-refractivity contribution < 1.29 is 149 Å². The Morgan fingerprint density at radius 1 is 0.518 bits per heavy atom. The smallest absolute Gasteiger partial charge is 0.326 e. The molecule has 2 aliphatic carbocycles. The number of hydrogen-bond donors (Lipinski definition) is 17. The number of halogens is 6. The van der Waals surface area contributed by atoms with Crippen molar-refractivity contribution in [2.75, 3.05) is 73.7 Å². The van der Waals surface area contributed by atoms with Gasteiger partial charge in [-0.3, -0.25) is 52.9 Å². The second-order valence-electron chi connectivity index (χ2n) is 25.9. The van der Waals surface area contributed by atoms with Gasteiger partial charge in [-0.25, -0.2) is 67.0 Å². The highest BCUT2D eigenvalue weighted by Gasteiger charge is 2.40. The van der Waals surface area contributed by atoms with Crippen LogP contribution in [0.3, 0.4) is 0 Å². The Morgan fingerprint density at radius 3 is 1.48 bits per heavy atom. The maximum atomic E-state index is 15.7. The molecule has 20 N–H and O–H groups in total. The Kier molecular flexibility index (Phi) is 42.0. The van der Waals surface area contributed by atoms with Crippen LogP contribution in [0.5, 0.6) is 0 Å². The van der Waals surface area contributed by atoms with E-state index in [9.17, 15) is 106 Å². The summed E-state index contributed by atoms with van der Waals surface area (Å²) in [7, 11) is -14.9. The number of sulfonamides is 1. The zero-order valence-electron chi connectivity index (χ0n) is 60.4. The molecule has 2 fully saturated rings. The van der Waals surface area contributed by atoms with Crippen LogP contribution < -0.4 is 59.7 Å². The van der Waals surface area contributed by atoms with Crippen molar-refractivity contribution in [1.29, 1.82) is 0 Å². The molecule has 4 rings (SSSR count). The number of rotatable bonds is 48. The van der Waals surface area contributed by atoms with Gasteiger partial charge < -0.3 is 84.1 Å². The van der Waals surface area contributed by atoms with E-state index in [1.165, 1.54) is 0 Å². The molecule has 48 heteroatoms. The predicted octanol–water partition coefficient (Wildman–Crippen LogP) is 2.10. The van der Waals surface area contributed by atoms with Crippen LogP contribution in [0.2, 0.25) is 0 Å². The fraction of sp³-hybridized carbons (Fsp3) is 0.625. The Morgan fingerprint density at radius 2 is 0.991 bits per heavy atom. The highest BCUT2D eigenvalue weighted by molar-refractivity contribution is 7.92. The standard InChI is InChI=1S/C47H71F3N10O20S2.C17H23F3N2O6S2/c48-37-38(49)42(40(39(50)41(37)82(54,77)78)58-27-7-4-2-1-3-5-8-27)81(75,76)18-11-33(63)55-13-15-80-17-16-79-14-10-28(61)19-25(21-34(64)65)44(71)59-30(9-6-12-56-47(52)53)32(62)20-26(22-35(66)67)43(70)57-24-29(51)45(72)60-31(46(73)74)23-36(68)69;18-12-13(19)17(30(25,26)9-8-11(23)24)16(14(20)15(12)22-27-28-29)21-10-6-4-2-1-3-5-7-10/h25-27,29-31,58H,1-24,51H2,(H,55,63)(H,57,70)(H,59,71)(H,60,72)(H,64,65)(H,66,67)(H,68,69)(H,73,74)(H4,52,53,56)(H2,54,77,78);10,21-22,29H,1-9H2,(H,23,24)/t25?,26?,29-,30?,31-;/m0./s1. The number of carbonyl (C=O) groups is 11. The van der Waals surface area contributed by atoms with Gasteiger partial charge >= 0.3 is 29.8 Å². The van der Waals surface area contributed by atoms with Crippen molar-refractivity contribution in [2.24, 2.45) is 39.2 Å². The minimum absolute atomic E-state index is 0.000742. The van der Waals surface area contributed by atoms with Crippen LogP contribution in [0.4, 0.5) is 43.4 Å². The molecule has 0 bridgehead atoms. The molecule has 0 saturated heterocycles. The van der Waals surface area contributed by atoms with Crippen LogP contribution in [-0.2, 0) is 101 Å². The number of amides is 4. The predicted molar refractivity (Wildman–Crippen MR) is 384 cm³/mol. The third kappa shape index (κ3) is 33.9. The van der Waals surface area contributed by atoms with Gasteiger partial charge in [-0.05, 0) is 38.5 Å². The van der Waals surface area contributed by atoms with Gasteiger partial charge in [-0.1, -0.05) is 64.2 Å². The number of nitrogens with two attached hydrogens (primary N) is 4. The molecule has 4 amide bonds. The summed E-state index contributed by atoms with van der Waals surface area (Å²) >= 11 is 3.22. The van der Waals surface area contributed by atoms with Crippen LogP contribution in [0.1, 0.15) is 154 Å². The summed E-state index contributed by atoms with van der Waals surface area (Å²) in [5.74, 6) is -31.1. The number of benzene rings is 2. The van der Waals surface area contributed by atoms with Gasteiger partial charge in [0.25, 0.3) is 0 Å². The van der Waals surface area contributed by atoms with Gasteiger partial charge in [-0.2, -0.15) is 0 Å². The molecule has 5 atom stereocenters. The molecular formula is C64H94F6N12O26S4. The number of thiol groups is 1. The van der Waals surface area contributed by atoms with E-state index in [0.29, 0.717) is 38.5 Å². The Hall–Kier alpha value is -8.78. The van der Waals surface area contributed by atoms with Gasteiger partial charge in [-0.15, -0.1) is 9.32 Å². The molecule has 0 aliphatic heterocycles. The first-order valence-corrected chi connectivity index (χ1v) is 40.2. The molecule has 2 aliphatic rings. The van der Waals surface area contributed by atoms with E-state index < -0.39 is 260 Å². The van der Waals surface area contributed by atoms with Gasteiger partial charge in [0.15, 0.2) is 71.2 Å². The minimum atomic E-state index is -5.22. The number of hydrogen-bond acceptors (Lipinski definition) is 27. The van der Waals surface area contributed by atoms with E-state index >= 15 is 13.2 Å². The SMILES string of the molecule is NC(N)=NCCCC(NC(=O)C(CC(=O)O)CC(=O)CCOCCOCCNC(=O)CCS(=O)(=O)c1c(F)c(F)c(S(N)(=O)=O)c(F)c1NC1CCCCCCC1)C(=O)CC(CC(=O)O)C(=O)NC[C@H](N)C(=O)N[C@@H](CC(=O)O)C(=O)O.O=C(O)CCS(=O)(=O)c1c(F)c(F)c(NOOS)c(F)c1NC1CCCCCCC1. The number of nitrogens with one attached hydrogen (secondary N) is 7. The number of aliphatic carboxylic acids is 5. The normalized spacial score (nSPS) is 15.2. The summed E-state index contributed by atoms with van der Waals surface area (Å²) in [5, 5.41) is 64.9. The maximum absolute atomic E-state index is 15.7. The Bertz CT molecular complexity index is 4010. The number of ether oxygens (including phenoxy) is 2. The fourth-order valence-electron chi connectivity index (χ4n) is 11.5. The third-order valence-electron chi connectivity index (χ3n) is 17.1. The topological polar surface area (TPSA) is 629 Å². The largest absolute Gasteiger partial charge is 0.481 e. The number of guanidine groups is 1. The second-order valence-corrected chi connectivity index (χ2v) is 31.6. The fourth-order valence-corrected chi connectivity index (χ4v) is 15.2. The van der Waals surface area contributed by atoms with Gasteiger partial charge in [0.2, 0.25) is 33.7 Å². The zero-order valence-corrected chi connectivity index (χ0v) is 63.7. The van der Waals surface area contributed by atoms with Crippen molar-refractivity contribution in [3.05, 3.63) is 34.9 Å². The lowest BCUT2D eigenvalue weighted by molar-refractivity contribution is -0.158. The van der Waals surface area contributed by atoms with Crippen LogP contribution in [0, 0.1) is 46.7 Å². The number of carbonyl (C=O) groups excluding carboxylic acids is 6. The Labute approximate surface area is 644 Å². The molecule has 2 aromatic rings. The molecule has 632 valence electrons. The van der Waals surface area contributed by atoms with E-state index in [0.717, 1.165) is 51.4 Å². The zero-order chi connectivity index (χ0) is 84.2. The first-order chi connectivity index (χ1) is 52.5. The number of sulfone groups is 2. The van der Waals surface area contributed by atoms with Gasteiger partial charge in [0.1, 0.15) is 33.3 Å². The number of aliphatic imine (C=N–C) groups is 1. The number of primary sulfonamides is 1. The lowest BCUT2D eigenvalue weighted by Gasteiger charge is -2.25. The summed E-state index contributed by atoms with van der Waals surface area (Å²) in [6.07, 6.45) is 3.56. The lowest BCUT2D eigenvalue weighted by Crippen LogP contribution is -2.53. The van der Waals surface area contributed by atoms with E-state index in [1.54, 1.807) is 5.48 Å². The van der Waals surface area contributed by atoms with E-state index in [2.05, 4.69) is 53.8 Å². The number of carboxylic acid groups (broad SMARTS) is 5. The summed E-state index contributed by atoms with van der Waals surface area (Å²) in [5.41, 5.74) is 15.1. The van der Waals surface area contributed by atoms with Gasteiger partial charge in [0.05, 0.1) is 92.9 Å². The molecule has 0 aromatic heterocycles. The molecule has 0 heterocycles. The average molecular weight is 1690 g/mol. The third-order valence-corrected chi connectivity index (χ3v) is 21.6. The first-order valence-electron chi connectivity index (χ1n) is 35.0. The summed E-state index contributed by atoms with van der Waals surface area (Å²) < 4.78 is 181. The number of carboxylic acids is 5. The molecule has 3 unspecified atom stereocenters. The summed E-state index contributed by atoms with van der Waals surface area (Å²) in [6.45, 7) is -1.70. The molecule has 112 heavy (non-hydrogen) atoms. The van der Waals surface area contributed by atoms with Crippen LogP contribution in [-0.4, -0.2) is 210 Å². The van der Waals surface area contributed by atoms with E-state index in [1.807, 2.05) is 5.32 Å². The molecule has 2 aromatic carbocycles. The quantitative estimate of drug-likeness (QED) is 0.00519. The van der Waals surface area contributed by atoms with Gasteiger partial charge in [0, 0.05) is 70.3 Å². The molecule has 0 radical (unpaired) electrons. The first kappa shape index (κ1) is 97.4. The number of anilines is 3. The summed E-state index contributed by atoms with van der Waals surface area (Å²) in [4.78, 5) is 138. The molecule has 0 spiro atoms. The highest BCUT2D eigenvalue weighted by atomic mass is 32.2. The highest BCUT2D eigenvalue weighted by Crippen LogP contribution is 2.40. The van der Waals surface area contributed by atoms with Crippen molar-refractivity contribution in [3.63, 3.8) is 0 Å². The van der Waals surface area contributed by atoms with Crippen molar-refractivity contribution in [1.82, 2.24) is 21.3 Å². The molecule has 2 saturated carbocycles. The average Bonchev–Trinajstić information content (AvgIpc) is 0.749. The maximum Gasteiger partial charge on any atom is 0.326 e. The second kappa shape index (κ2) is 48.3. The van der Waals surface area contributed by atoms with E-state index in [4.69, 9.17) is 42.0 Å². The number of Topliss-reactive ketones (excluding diaryl/α,β-unsaturated/α-hetero) is 2. The summed E-state index contributed by atoms with van der Waals surface area (Å²) in [6, 6.07) is -6.11. The molecule has 38 nitrogen and oxygen atoms in total.